The van der Waals surface area contributed by atoms with Crippen molar-refractivity contribution in [3.63, 3.8) is 0 Å². The fraction of sp³-hybridized carbons (Fsp3) is 0.615. The van der Waals surface area contributed by atoms with Gasteiger partial charge >= 0.3 is 0 Å². The van der Waals surface area contributed by atoms with Crippen LogP contribution < -0.4 is 0 Å². The van der Waals surface area contributed by atoms with Gasteiger partial charge in [0.25, 0.3) is 0 Å². The third-order valence-electron chi connectivity index (χ3n) is 3.39. The molecule has 0 saturated heterocycles. The maximum atomic E-state index is 12.2. The maximum absolute atomic E-state index is 12.2. The van der Waals surface area contributed by atoms with Crippen LogP contribution in [0.3, 0.4) is 0 Å². The van der Waals surface area contributed by atoms with Crippen LogP contribution in [0.15, 0.2) is 18.7 Å². The molecule has 0 spiro atoms. The minimum atomic E-state index is 0.171. The number of ketones is 1. The van der Waals surface area contributed by atoms with Crippen LogP contribution in [0.5, 0.6) is 0 Å². The highest BCUT2D eigenvalue weighted by Gasteiger charge is 2.29. The van der Waals surface area contributed by atoms with Gasteiger partial charge in [0.05, 0.1) is 5.56 Å². The normalized spacial score (nSPS) is 30.0. The Morgan fingerprint density at radius 3 is 2.25 bits per heavy atom. The summed E-state index contributed by atoms with van der Waals surface area (Å²) in [6.45, 7) is 4.47. The van der Waals surface area contributed by atoms with Gasteiger partial charge in [0, 0.05) is 18.3 Å². The maximum Gasteiger partial charge on any atom is 0.169 e. The van der Waals surface area contributed by atoms with Gasteiger partial charge < -0.3 is 0 Å². The van der Waals surface area contributed by atoms with Crippen LogP contribution >= 0.6 is 0 Å². The van der Waals surface area contributed by atoms with Gasteiger partial charge in [-0.05, 0) is 31.1 Å². The molecule has 1 saturated carbocycles. The average molecular weight is 218 g/mol. The van der Waals surface area contributed by atoms with Crippen LogP contribution in [-0.2, 0) is 0 Å². The van der Waals surface area contributed by atoms with E-state index in [1.54, 1.807) is 12.4 Å². The number of carbonyl (C=O) groups is 1. The van der Waals surface area contributed by atoms with Gasteiger partial charge in [-0.1, -0.05) is 13.8 Å². The van der Waals surface area contributed by atoms with Crippen molar-refractivity contribution >= 4 is 5.78 Å². The Morgan fingerprint density at radius 2 is 1.69 bits per heavy atom. The molecule has 1 aromatic heterocycles. The molecule has 0 bridgehead atoms. The van der Waals surface area contributed by atoms with Gasteiger partial charge in [-0.3, -0.25) is 4.79 Å². The monoisotopic (exact) mass is 218 g/mol. The van der Waals surface area contributed by atoms with Gasteiger partial charge in [0.2, 0.25) is 0 Å². The Kier molecular flexibility index (Phi) is 3.32. The van der Waals surface area contributed by atoms with Gasteiger partial charge in [-0.2, -0.15) is 0 Å². The molecule has 0 aromatic carbocycles. The van der Waals surface area contributed by atoms with E-state index in [1.807, 2.05) is 0 Å². The molecule has 2 atom stereocenters. The lowest BCUT2D eigenvalue weighted by molar-refractivity contribution is 0.0835. The summed E-state index contributed by atoms with van der Waals surface area (Å²) >= 11 is 0. The van der Waals surface area contributed by atoms with E-state index in [0.717, 1.165) is 12.8 Å². The Hall–Kier alpha value is -1.25. The highest BCUT2D eigenvalue weighted by Crippen LogP contribution is 2.34. The number of nitrogens with zero attached hydrogens (tertiary/aromatic N) is 2. The minimum Gasteiger partial charge on any atom is -0.294 e. The molecule has 1 heterocycles. The summed E-state index contributed by atoms with van der Waals surface area (Å²) in [5.41, 5.74) is 0.661. The molecule has 2 unspecified atom stereocenters. The molecule has 3 heteroatoms. The molecule has 3 nitrogen and oxygen atoms in total. The van der Waals surface area contributed by atoms with Crippen molar-refractivity contribution in [2.75, 3.05) is 0 Å². The molecular formula is C13H18N2O. The quantitative estimate of drug-likeness (QED) is 0.717. The third kappa shape index (κ3) is 2.46. The topological polar surface area (TPSA) is 42.9 Å². The molecule has 0 N–H and O–H groups in total. The highest BCUT2D eigenvalue weighted by molar-refractivity contribution is 5.97. The smallest absolute Gasteiger partial charge is 0.169 e. The first-order chi connectivity index (χ1) is 7.66. The van der Waals surface area contributed by atoms with Crippen molar-refractivity contribution in [3.05, 3.63) is 24.3 Å². The van der Waals surface area contributed by atoms with E-state index < -0.39 is 0 Å². The van der Waals surface area contributed by atoms with Crippen LogP contribution in [0.1, 0.15) is 43.5 Å². The predicted molar refractivity (Wildman–Crippen MR) is 62.0 cm³/mol. The number of rotatable bonds is 2. The number of carbonyl (C=O) groups excluding carboxylic acids is 1. The zero-order chi connectivity index (χ0) is 11.5. The molecule has 1 aromatic rings. The second-order valence-corrected chi connectivity index (χ2v) is 5.11. The van der Waals surface area contributed by atoms with Crippen LogP contribution in [0, 0.1) is 17.8 Å². The summed E-state index contributed by atoms with van der Waals surface area (Å²) in [7, 11) is 0. The SMILES string of the molecule is CC1CC(C)CC(C(=O)c2cncnc2)C1. The van der Waals surface area contributed by atoms with Gasteiger partial charge in [-0.15, -0.1) is 0 Å². The standard InChI is InChI=1S/C13H18N2O/c1-9-3-10(2)5-11(4-9)13(16)12-6-14-8-15-7-12/h6-11H,3-5H2,1-2H3. The van der Waals surface area contributed by atoms with E-state index in [-0.39, 0.29) is 11.7 Å². The fourth-order valence-electron chi connectivity index (χ4n) is 2.82. The van der Waals surface area contributed by atoms with Gasteiger partial charge in [0.15, 0.2) is 5.78 Å². The highest BCUT2D eigenvalue weighted by atomic mass is 16.1. The van der Waals surface area contributed by atoms with E-state index >= 15 is 0 Å². The number of aromatic nitrogens is 2. The minimum absolute atomic E-state index is 0.171. The van der Waals surface area contributed by atoms with E-state index in [9.17, 15) is 4.79 Å². The Morgan fingerprint density at radius 1 is 1.12 bits per heavy atom. The first-order valence-corrected chi connectivity index (χ1v) is 5.96. The lowest BCUT2D eigenvalue weighted by Gasteiger charge is -2.30. The average Bonchev–Trinajstić information content (AvgIpc) is 2.28. The zero-order valence-corrected chi connectivity index (χ0v) is 9.89. The molecule has 1 aliphatic carbocycles. The number of Topliss-reactive ketones (excluding diaryl/α,β-unsaturated/α-hetero) is 1. The Bertz CT molecular complexity index is 353. The van der Waals surface area contributed by atoms with Gasteiger partial charge in [-0.25, -0.2) is 9.97 Å². The third-order valence-corrected chi connectivity index (χ3v) is 3.39. The molecule has 0 amide bonds. The van der Waals surface area contributed by atoms with Crippen LogP contribution in [-0.4, -0.2) is 15.8 Å². The summed E-state index contributed by atoms with van der Waals surface area (Å²) in [6, 6.07) is 0. The van der Waals surface area contributed by atoms with Crippen LogP contribution in [0.4, 0.5) is 0 Å². The van der Waals surface area contributed by atoms with E-state index in [2.05, 4.69) is 23.8 Å². The van der Waals surface area contributed by atoms with Crippen molar-refractivity contribution in [1.82, 2.24) is 9.97 Å². The summed E-state index contributed by atoms with van der Waals surface area (Å²) in [5, 5.41) is 0. The van der Waals surface area contributed by atoms with Crippen LogP contribution in [0.2, 0.25) is 0 Å². The molecular weight excluding hydrogens is 200 g/mol. The second kappa shape index (κ2) is 4.73. The summed E-state index contributed by atoms with van der Waals surface area (Å²) in [5.74, 6) is 1.70. The summed E-state index contributed by atoms with van der Waals surface area (Å²) < 4.78 is 0. The van der Waals surface area contributed by atoms with Crippen LogP contribution in [0.25, 0.3) is 0 Å². The zero-order valence-electron chi connectivity index (χ0n) is 9.89. The fourth-order valence-corrected chi connectivity index (χ4v) is 2.82. The first kappa shape index (κ1) is 11.2. The Balaban J connectivity index is 2.10. The van der Waals surface area contributed by atoms with Crippen molar-refractivity contribution < 1.29 is 4.79 Å². The largest absolute Gasteiger partial charge is 0.294 e. The molecule has 0 aliphatic heterocycles. The van der Waals surface area contributed by atoms with Crippen molar-refractivity contribution in [1.29, 1.82) is 0 Å². The molecule has 1 fully saturated rings. The number of hydrogen-bond donors (Lipinski definition) is 0. The van der Waals surface area contributed by atoms with E-state index in [1.165, 1.54) is 12.7 Å². The summed E-state index contributed by atoms with van der Waals surface area (Å²) in [4.78, 5) is 20.0. The van der Waals surface area contributed by atoms with Crippen molar-refractivity contribution in [2.45, 2.75) is 33.1 Å². The second-order valence-electron chi connectivity index (χ2n) is 5.11. The van der Waals surface area contributed by atoms with Crippen molar-refractivity contribution in [2.24, 2.45) is 17.8 Å². The Labute approximate surface area is 96.3 Å². The summed E-state index contributed by atoms with van der Waals surface area (Å²) in [6.07, 6.45) is 7.98. The molecule has 1 aliphatic rings. The lowest BCUT2D eigenvalue weighted by atomic mass is 9.74. The van der Waals surface area contributed by atoms with Crippen molar-refractivity contribution in [3.8, 4) is 0 Å². The van der Waals surface area contributed by atoms with E-state index in [4.69, 9.17) is 0 Å². The van der Waals surface area contributed by atoms with Gasteiger partial charge in [0.1, 0.15) is 6.33 Å². The number of hydrogen-bond acceptors (Lipinski definition) is 3. The molecule has 0 radical (unpaired) electrons. The molecule has 2 rings (SSSR count). The lowest BCUT2D eigenvalue weighted by Crippen LogP contribution is -2.26. The molecule has 86 valence electrons. The van der Waals surface area contributed by atoms with E-state index in [0.29, 0.717) is 17.4 Å². The predicted octanol–water partition coefficient (Wildman–Crippen LogP) is 2.73. The first-order valence-electron chi connectivity index (χ1n) is 5.96. The molecule has 16 heavy (non-hydrogen) atoms.